The van der Waals surface area contributed by atoms with Gasteiger partial charge in [-0.2, -0.15) is 0 Å². The van der Waals surface area contributed by atoms with Crippen molar-refractivity contribution in [2.45, 2.75) is 13.8 Å². The van der Waals surface area contributed by atoms with Crippen molar-refractivity contribution in [1.82, 2.24) is 9.97 Å². The van der Waals surface area contributed by atoms with E-state index < -0.39 is 0 Å². The van der Waals surface area contributed by atoms with Gasteiger partial charge < -0.3 is 14.8 Å². The number of anilines is 2. The van der Waals surface area contributed by atoms with Crippen LogP contribution in [-0.4, -0.2) is 24.2 Å². The SMILES string of the molecule is COc1ccc(OC)c(Nc2cc(-c3ccc(C)cc3)nc(C)n2)c1. The van der Waals surface area contributed by atoms with Crippen molar-refractivity contribution < 1.29 is 9.47 Å². The molecule has 1 heterocycles. The average molecular weight is 335 g/mol. The molecule has 0 bridgehead atoms. The Bertz CT molecular complexity index is 877. The van der Waals surface area contributed by atoms with Gasteiger partial charge in [-0.15, -0.1) is 0 Å². The Kier molecular flexibility index (Phi) is 4.84. The van der Waals surface area contributed by atoms with Crippen LogP contribution >= 0.6 is 0 Å². The number of benzene rings is 2. The summed E-state index contributed by atoms with van der Waals surface area (Å²) in [5, 5.41) is 3.30. The molecule has 0 saturated heterocycles. The molecule has 0 saturated carbocycles. The van der Waals surface area contributed by atoms with Crippen LogP contribution in [0.1, 0.15) is 11.4 Å². The van der Waals surface area contributed by atoms with E-state index in [0.717, 1.165) is 22.7 Å². The maximum atomic E-state index is 5.41. The minimum Gasteiger partial charge on any atom is -0.497 e. The van der Waals surface area contributed by atoms with Gasteiger partial charge in [0.25, 0.3) is 0 Å². The summed E-state index contributed by atoms with van der Waals surface area (Å²) in [5.74, 6) is 2.86. The fraction of sp³-hybridized carbons (Fsp3) is 0.200. The predicted octanol–water partition coefficient (Wildman–Crippen LogP) is 4.52. The zero-order valence-corrected chi connectivity index (χ0v) is 14.8. The second-order valence-electron chi connectivity index (χ2n) is 5.74. The van der Waals surface area contributed by atoms with E-state index in [9.17, 15) is 0 Å². The molecular formula is C20H21N3O2. The number of nitrogens with zero attached hydrogens (tertiary/aromatic N) is 2. The molecule has 0 aliphatic rings. The van der Waals surface area contributed by atoms with Gasteiger partial charge in [-0.05, 0) is 26.0 Å². The van der Waals surface area contributed by atoms with E-state index in [0.29, 0.717) is 17.4 Å². The Hall–Kier alpha value is -3.08. The van der Waals surface area contributed by atoms with E-state index in [2.05, 4.69) is 46.5 Å². The van der Waals surface area contributed by atoms with Crippen molar-refractivity contribution in [3.63, 3.8) is 0 Å². The highest BCUT2D eigenvalue weighted by molar-refractivity contribution is 5.70. The first-order chi connectivity index (χ1) is 12.1. The molecule has 128 valence electrons. The maximum absolute atomic E-state index is 5.41. The molecule has 5 heteroatoms. The minimum atomic E-state index is 0.697. The number of hydrogen-bond donors (Lipinski definition) is 1. The topological polar surface area (TPSA) is 56.3 Å². The van der Waals surface area contributed by atoms with Crippen LogP contribution in [0.3, 0.4) is 0 Å². The highest BCUT2D eigenvalue weighted by Crippen LogP contribution is 2.32. The largest absolute Gasteiger partial charge is 0.497 e. The molecule has 5 nitrogen and oxygen atoms in total. The van der Waals surface area contributed by atoms with Gasteiger partial charge in [0.1, 0.15) is 23.1 Å². The highest BCUT2D eigenvalue weighted by atomic mass is 16.5. The molecule has 25 heavy (non-hydrogen) atoms. The molecular weight excluding hydrogens is 314 g/mol. The molecule has 0 unspecified atom stereocenters. The Labute approximate surface area is 147 Å². The number of ether oxygens (including phenoxy) is 2. The summed E-state index contributed by atoms with van der Waals surface area (Å²) in [5.41, 5.74) is 3.93. The van der Waals surface area contributed by atoms with Crippen molar-refractivity contribution in [3.8, 4) is 22.8 Å². The van der Waals surface area contributed by atoms with Crippen molar-refractivity contribution in [3.05, 3.63) is 59.9 Å². The predicted molar refractivity (Wildman–Crippen MR) is 99.8 cm³/mol. The van der Waals surface area contributed by atoms with Crippen LogP contribution in [0.5, 0.6) is 11.5 Å². The monoisotopic (exact) mass is 335 g/mol. The Morgan fingerprint density at radius 2 is 1.60 bits per heavy atom. The number of nitrogens with one attached hydrogen (secondary N) is 1. The van der Waals surface area contributed by atoms with Crippen LogP contribution in [0.4, 0.5) is 11.5 Å². The lowest BCUT2D eigenvalue weighted by molar-refractivity contribution is 0.405. The molecule has 2 aromatic carbocycles. The third kappa shape index (κ3) is 3.88. The van der Waals surface area contributed by atoms with Gasteiger partial charge in [0, 0.05) is 17.7 Å². The smallest absolute Gasteiger partial charge is 0.142 e. The Morgan fingerprint density at radius 3 is 2.28 bits per heavy atom. The molecule has 3 rings (SSSR count). The van der Waals surface area contributed by atoms with E-state index in [1.54, 1.807) is 14.2 Å². The zero-order chi connectivity index (χ0) is 17.8. The third-order valence-electron chi connectivity index (χ3n) is 3.85. The molecule has 0 fully saturated rings. The van der Waals surface area contributed by atoms with E-state index in [1.165, 1.54) is 5.56 Å². The van der Waals surface area contributed by atoms with Gasteiger partial charge in [0.15, 0.2) is 0 Å². The summed E-state index contributed by atoms with van der Waals surface area (Å²) < 4.78 is 10.7. The Morgan fingerprint density at radius 1 is 0.840 bits per heavy atom. The minimum absolute atomic E-state index is 0.697. The lowest BCUT2D eigenvalue weighted by atomic mass is 10.1. The molecule has 0 aliphatic carbocycles. The van der Waals surface area contributed by atoms with Gasteiger partial charge >= 0.3 is 0 Å². The van der Waals surface area contributed by atoms with E-state index in [4.69, 9.17) is 9.47 Å². The van der Waals surface area contributed by atoms with Crippen LogP contribution in [0.25, 0.3) is 11.3 Å². The lowest BCUT2D eigenvalue weighted by Crippen LogP contribution is -2.01. The molecule has 0 atom stereocenters. The summed E-state index contributed by atoms with van der Waals surface area (Å²) >= 11 is 0. The first-order valence-electron chi connectivity index (χ1n) is 8.01. The lowest BCUT2D eigenvalue weighted by Gasteiger charge is -2.13. The first-order valence-corrected chi connectivity index (χ1v) is 8.01. The van der Waals surface area contributed by atoms with Crippen LogP contribution in [0.2, 0.25) is 0 Å². The molecule has 0 spiro atoms. The maximum Gasteiger partial charge on any atom is 0.142 e. The van der Waals surface area contributed by atoms with Crippen molar-refractivity contribution in [2.75, 3.05) is 19.5 Å². The van der Waals surface area contributed by atoms with Crippen molar-refractivity contribution in [2.24, 2.45) is 0 Å². The second kappa shape index (κ2) is 7.21. The van der Waals surface area contributed by atoms with E-state index in [-0.39, 0.29) is 0 Å². The number of aryl methyl sites for hydroxylation is 2. The van der Waals surface area contributed by atoms with Crippen LogP contribution in [0.15, 0.2) is 48.5 Å². The van der Waals surface area contributed by atoms with Gasteiger partial charge in [-0.3, -0.25) is 0 Å². The summed E-state index contributed by atoms with van der Waals surface area (Å²) in [6.45, 7) is 3.95. The number of hydrogen-bond acceptors (Lipinski definition) is 5. The van der Waals surface area contributed by atoms with Gasteiger partial charge in [-0.1, -0.05) is 29.8 Å². The van der Waals surface area contributed by atoms with E-state index in [1.807, 2.05) is 31.2 Å². The molecule has 0 amide bonds. The van der Waals surface area contributed by atoms with Gasteiger partial charge in [0.05, 0.1) is 25.6 Å². The van der Waals surface area contributed by atoms with Crippen LogP contribution < -0.4 is 14.8 Å². The third-order valence-corrected chi connectivity index (χ3v) is 3.85. The molecule has 1 N–H and O–H groups in total. The zero-order valence-electron chi connectivity index (χ0n) is 14.8. The first kappa shape index (κ1) is 16.8. The quantitative estimate of drug-likeness (QED) is 0.743. The summed E-state index contributed by atoms with van der Waals surface area (Å²) in [4.78, 5) is 9.03. The number of aromatic nitrogens is 2. The fourth-order valence-corrected chi connectivity index (χ4v) is 2.55. The molecule has 0 aliphatic heterocycles. The fourth-order valence-electron chi connectivity index (χ4n) is 2.55. The van der Waals surface area contributed by atoms with Gasteiger partial charge in [-0.25, -0.2) is 9.97 Å². The Balaban J connectivity index is 1.97. The molecule has 1 aromatic heterocycles. The summed E-state index contributed by atoms with van der Waals surface area (Å²) in [7, 11) is 3.27. The van der Waals surface area contributed by atoms with Gasteiger partial charge in [0.2, 0.25) is 0 Å². The van der Waals surface area contributed by atoms with Crippen molar-refractivity contribution >= 4 is 11.5 Å². The molecule has 3 aromatic rings. The molecule has 0 radical (unpaired) electrons. The number of methoxy groups -OCH3 is 2. The summed E-state index contributed by atoms with van der Waals surface area (Å²) in [6, 6.07) is 15.8. The summed E-state index contributed by atoms with van der Waals surface area (Å²) in [6.07, 6.45) is 0. The average Bonchev–Trinajstić information content (AvgIpc) is 2.61. The van der Waals surface area contributed by atoms with Crippen molar-refractivity contribution in [1.29, 1.82) is 0 Å². The van der Waals surface area contributed by atoms with Crippen LogP contribution in [0, 0.1) is 13.8 Å². The van der Waals surface area contributed by atoms with Crippen LogP contribution in [-0.2, 0) is 0 Å². The van der Waals surface area contributed by atoms with E-state index >= 15 is 0 Å². The number of rotatable bonds is 5. The standard InChI is InChI=1S/C20H21N3O2/c1-13-5-7-15(8-6-13)17-12-20(22-14(2)21-17)23-18-11-16(24-3)9-10-19(18)25-4/h5-12H,1-4H3,(H,21,22,23). The normalized spacial score (nSPS) is 10.4. The highest BCUT2D eigenvalue weighted by Gasteiger charge is 2.09. The second-order valence-corrected chi connectivity index (χ2v) is 5.74.